The van der Waals surface area contributed by atoms with E-state index >= 15 is 0 Å². The Bertz CT molecular complexity index is 252. The van der Waals surface area contributed by atoms with Crippen LogP contribution in [-0.4, -0.2) is 30.5 Å². The molecule has 0 aromatic heterocycles. The monoisotopic (exact) mass is 240 g/mol. The van der Waals surface area contributed by atoms with Crippen molar-refractivity contribution in [1.29, 1.82) is 0 Å². The Kier molecular flexibility index (Phi) is 5.25. The molecule has 0 radical (unpaired) electrons. The fourth-order valence-corrected chi connectivity index (χ4v) is 2.12. The second-order valence-electron chi connectivity index (χ2n) is 5.85. The summed E-state index contributed by atoms with van der Waals surface area (Å²) in [5.74, 6) is 7.00. The smallest absolute Gasteiger partial charge is 0.208 e. The Morgan fingerprint density at radius 3 is 2.41 bits per heavy atom. The van der Waals surface area contributed by atoms with E-state index in [2.05, 4.69) is 43.0 Å². The predicted molar refractivity (Wildman–Crippen MR) is 73.7 cm³/mol. The summed E-state index contributed by atoms with van der Waals surface area (Å²) < 4.78 is 0. The van der Waals surface area contributed by atoms with Crippen LogP contribution in [0.5, 0.6) is 0 Å². The van der Waals surface area contributed by atoms with E-state index in [0.29, 0.717) is 11.3 Å². The van der Waals surface area contributed by atoms with Gasteiger partial charge in [0.15, 0.2) is 0 Å². The van der Waals surface area contributed by atoms with Crippen LogP contribution < -0.4 is 11.3 Å². The first kappa shape index (κ1) is 14.3. The molecule has 0 atom stereocenters. The summed E-state index contributed by atoms with van der Waals surface area (Å²) in [6, 6.07) is 0. The molecule has 1 aliphatic rings. The lowest BCUT2D eigenvalue weighted by Crippen LogP contribution is -2.49. The molecule has 1 saturated heterocycles. The molecule has 3 N–H and O–H groups in total. The molecule has 1 rings (SSSR count). The highest BCUT2D eigenvalue weighted by Gasteiger charge is 2.29. The van der Waals surface area contributed by atoms with Gasteiger partial charge in [0.2, 0.25) is 5.96 Å². The van der Waals surface area contributed by atoms with E-state index in [1.807, 2.05) is 0 Å². The highest BCUT2D eigenvalue weighted by Crippen LogP contribution is 2.33. The Balaban J connectivity index is 2.53. The van der Waals surface area contributed by atoms with Gasteiger partial charge >= 0.3 is 0 Å². The summed E-state index contributed by atoms with van der Waals surface area (Å²) in [6.07, 6.45) is 3.72. The van der Waals surface area contributed by atoms with E-state index < -0.39 is 0 Å². The lowest BCUT2D eigenvalue weighted by Gasteiger charge is -2.40. The second-order valence-corrected chi connectivity index (χ2v) is 5.85. The van der Waals surface area contributed by atoms with Crippen LogP contribution in [-0.2, 0) is 0 Å². The van der Waals surface area contributed by atoms with E-state index in [-0.39, 0.29) is 0 Å². The molecule has 100 valence electrons. The van der Waals surface area contributed by atoms with E-state index in [1.54, 1.807) is 0 Å². The van der Waals surface area contributed by atoms with Gasteiger partial charge in [-0.1, -0.05) is 34.1 Å². The summed E-state index contributed by atoms with van der Waals surface area (Å²) in [5, 5.41) is 0. The van der Waals surface area contributed by atoms with Crippen molar-refractivity contribution in [3.8, 4) is 0 Å². The number of guanidine groups is 1. The van der Waals surface area contributed by atoms with Crippen LogP contribution in [0, 0.1) is 11.3 Å². The van der Waals surface area contributed by atoms with E-state index in [9.17, 15) is 0 Å². The van der Waals surface area contributed by atoms with Crippen LogP contribution in [0.25, 0.3) is 0 Å². The fourth-order valence-electron chi connectivity index (χ4n) is 2.12. The van der Waals surface area contributed by atoms with E-state index in [0.717, 1.165) is 25.6 Å². The number of likely N-dealkylation sites (tertiary alicyclic amines) is 1. The summed E-state index contributed by atoms with van der Waals surface area (Å²) >= 11 is 0. The van der Waals surface area contributed by atoms with Gasteiger partial charge in [0, 0.05) is 19.6 Å². The molecule has 1 heterocycles. The van der Waals surface area contributed by atoms with Crippen molar-refractivity contribution in [3.05, 3.63) is 0 Å². The van der Waals surface area contributed by atoms with Crippen molar-refractivity contribution in [2.45, 2.75) is 47.0 Å². The maximum absolute atomic E-state index is 5.57. The molecule has 4 nitrogen and oxygen atoms in total. The lowest BCUT2D eigenvalue weighted by atomic mass is 9.78. The average Bonchev–Trinajstić information content (AvgIpc) is 2.32. The van der Waals surface area contributed by atoms with Gasteiger partial charge in [-0.3, -0.25) is 10.4 Å². The second kappa shape index (κ2) is 6.24. The van der Waals surface area contributed by atoms with Crippen molar-refractivity contribution >= 4 is 5.96 Å². The first-order chi connectivity index (χ1) is 8.00. The summed E-state index contributed by atoms with van der Waals surface area (Å²) in [6.45, 7) is 12.0. The molecule has 0 spiro atoms. The molecule has 0 saturated carbocycles. The van der Waals surface area contributed by atoms with Crippen LogP contribution >= 0.6 is 0 Å². The first-order valence-corrected chi connectivity index (χ1v) is 6.77. The van der Waals surface area contributed by atoms with E-state index in [4.69, 9.17) is 5.84 Å². The number of piperidine rings is 1. The minimum Gasteiger partial charge on any atom is -0.342 e. The van der Waals surface area contributed by atoms with Gasteiger partial charge in [0.25, 0.3) is 0 Å². The summed E-state index contributed by atoms with van der Waals surface area (Å²) in [5.41, 5.74) is 3.26. The fraction of sp³-hybridized carbons (Fsp3) is 0.923. The Labute approximate surface area is 106 Å². The van der Waals surface area contributed by atoms with Gasteiger partial charge in [-0.2, -0.15) is 0 Å². The maximum Gasteiger partial charge on any atom is 0.208 e. The van der Waals surface area contributed by atoms with E-state index in [1.165, 1.54) is 19.3 Å². The van der Waals surface area contributed by atoms with Crippen molar-refractivity contribution in [2.24, 2.45) is 22.2 Å². The number of aliphatic imine (C=N–C) groups is 1. The highest BCUT2D eigenvalue weighted by atomic mass is 15.4. The summed E-state index contributed by atoms with van der Waals surface area (Å²) in [7, 11) is 0. The molecule has 0 aromatic carbocycles. The third kappa shape index (κ3) is 4.19. The third-order valence-corrected chi connectivity index (χ3v) is 3.86. The zero-order valence-electron chi connectivity index (χ0n) is 11.8. The molecule has 1 fully saturated rings. The number of rotatable bonds is 3. The molecular weight excluding hydrogens is 212 g/mol. The van der Waals surface area contributed by atoms with Crippen molar-refractivity contribution in [3.63, 3.8) is 0 Å². The van der Waals surface area contributed by atoms with Gasteiger partial charge in [0.1, 0.15) is 0 Å². The first-order valence-electron chi connectivity index (χ1n) is 6.77. The molecule has 0 aliphatic carbocycles. The maximum atomic E-state index is 5.57. The Morgan fingerprint density at radius 1 is 1.41 bits per heavy atom. The van der Waals surface area contributed by atoms with Crippen molar-refractivity contribution in [2.75, 3.05) is 19.6 Å². The molecule has 0 amide bonds. The van der Waals surface area contributed by atoms with Gasteiger partial charge in [-0.05, 0) is 24.2 Å². The van der Waals surface area contributed by atoms with Crippen molar-refractivity contribution < 1.29 is 0 Å². The number of nitrogens with one attached hydrogen (secondary N) is 1. The number of nitrogens with zero attached hydrogens (tertiary/aromatic N) is 2. The SMILES string of the molecule is CCC1(C)CCN(C(=NCC(C)C)NN)CC1. The Morgan fingerprint density at radius 2 is 2.00 bits per heavy atom. The van der Waals surface area contributed by atoms with Gasteiger partial charge in [-0.25, -0.2) is 5.84 Å². The number of hydrazine groups is 1. The minimum atomic E-state index is 0.508. The number of hydrogen-bond donors (Lipinski definition) is 2. The standard InChI is InChI=1S/C13H28N4/c1-5-13(4)6-8-17(9-7-13)12(16-14)15-10-11(2)3/h11H,5-10,14H2,1-4H3,(H,15,16). The van der Waals surface area contributed by atoms with Crippen molar-refractivity contribution in [1.82, 2.24) is 10.3 Å². The zero-order valence-corrected chi connectivity index (χ0v) is 11.8. The third-order valence-electron chi connectivity index (χ3n) is 3.86. The van der Waals surface area contributed by atoms with Crippen LogP contribution in [0.3, 0.4) is 0 Å². The molecule has 0 unspecified atom stereocenters. The molecule has 1 aliphatic heterocycles. The molecule has 4 heteroatoms. The topological polar surface area (TPSA) is 53.6 Å². The molecule has 0 aromatic rings. The highest BCUT2D eigenvalue weighted by molar-refractivity contribution is 5.79. The minimum absolute atomic E-state index is 0.508. The van der Waals surface area contributed by atoms with Crippen LogP contribution in [0.4, 0.5) is 0 Å². The zero-order chi connectivity index (χ0) is 12.9. The normalized spacial score (nSPS) is 20.8. The predicted octanol–water partition coefficient (Wildman–Crippen LogP) is 1.97. The number of hydrogen-bond acceptors (Lipinski definition) is 2. The molecule has 17 heavy (non-hydrogen) atoms. The largest absolute Gasteiger partial charge is 0.342 e. The molecule has 0 bridgehead atoms. The molecular formula is C13H28N4. The van der Waals surface area contributed by atoms with Gasteiger partial charge < -0.3 is 4.90 Å². The van der Waals surface area contributed by atoms with Crippen LogP contribution in [0.2, 0.25) is 0 Å². The average molecular weight is 240 g/mol. The quantitative estimate of drug-likeness (QED) is 0.343. The van der Waals surface area contributed by atoms with Gasteiger partial charge in [0.05, 0.1) is 0 Å². The number of nitrogens with two attached hydrogens (primary N) is 1. The lowest BCUT2D eigenvalue weighted by molar-refractivity contribution is 0.159. The van der Waals surface area contributed by atoms with Gasteiger partial charge in [-0.15, -0.1) is 0 Å². The van der Waals surface area contributed by atoms with Crippen LogP contribution in [0.15, 0.2) is 4.99 Å². The van der Waals surface area contributed by atoms with Crippen LogP contribution in [0.1, 0.15) is 47.0 Å². The summed E-state index contributed by atoms with van der Waals surface area (Å²) in [4.78, 5) is 6.82. The Hall–Kier alpha value is -0.770.